The Bertz CT molecular complexity index is 578. The van der Waals surface area contributed by atoms with Crippen LogP contribution in [0, 0.1) is 0 Å². The number of nitrogens with two attached hydrogens (primary N) is 1. The van der Waals surface area contributed by atoms with Crippen LogP contribution in [-0.2, 0) is 26.0 Å². The molecule has 3 heteroatoms. The number of rotatable bonds is 4. The molecule has 0 radical (unpaired) electrons. The number of benzene rings is 1. The van der Waals surface area contributed by atoms with Gasteiger partial charge < -0.3 is 10.5 Å². The molecule has 0 atom stereocenters. The number of ether oxygens (including phenoxy) is 1. The highest BCUT2D eigenvalue weighted by Crippen LogP contribution is 2.25. The van der Waals surface area contributed by atoms with E-state index in [2.05, 4.69) is 23.2 Å². The summed E-state index contributed by atoms with van der Waals surface area (Å²) in [5, 5.41) is 0. The maximum absolute atomic E-state index is 5.84. The Kier molecular flexibility index (Phi) is 3.97. The second kappa shape index (κ2) is 6.06. The predicted molar refractivity (Wildman–Crippen MR) is 79.5 cm³/mol. The van der Waals surface area contributed by atoms with Gasteiger partial charge in [-0.25, -0.2) is 0 Å². The molecule has 1 aromatic heterocycles. The predicted octanol–water partition coefficient (Wildman–Crippen LogP) is 3.00. The zero-order valence-electron chi connectivity index (χ0n) is 11.6. The largest absolute Gasteiger partial charge is 0.487 e. The molecular formula is C17H20N2O. The Morgan fingerprint density at radius 2 is 1.90 bits per heavy atom. The minimum atomic E-state index is 0.504. The monoisotopic (exact) mass is 268 g/mol. The molecule has 2 N–H and O–H groups in total. The molecule has 1 aliphatic carbocycles. The standard InChI is InChI=1S/C17H20N2O/c18-10-13-5-7-16(19-11-13)12-20-17-8-6-14-3-1-2-4-15(14)9-17/h5-9,11H,1-4,10,12,18H2. The van der Waals surface area contributed by atoms with E-state index in [0.717, 1.165) is 17.0 Å². The van der Waals surface area contributed by atoms with Gasteiger partial charge in [-0.2, -0.15) is 0 Å². The molecule has 0 unspecified atom stereocenters. The molecule has 1 heterocycles. The van der Waals surface area contributed by atoms with Crippen LogP contribution >= 0.6 is 0 Å². The third-order valence-corrected chi connectivity index (χ3v) is 3.83. The highest BCUT2D eigenvalue weighted by atomic mass is 16.5. The number of pyridine rings is 1. The topological polar surface area (TPSA) is 48.1 Å². The summed E-state index contributed by atoms with van der Waals surface area (Å²) in [4.78, 5) is 4.35. The molecule has 0 saturated heterocycles. The van der Waals surface area contributed by atoms with Crippen LogP contribution in [0.5, 0.6) is 5.75 Å². The molecule has 0 fully saturated rings. The van der Waals surface area contributed by atoms with Crippen LogP contribution in [-0.4, -0.2) is 4.98 Å². The lowest BCUT2D eigenvalue weighted by Gasteiger charge is -2.16. The summed E-state index contributed by atoms with van der Waals surface area (Å²) in [6.07, 6.45) is 6.79. The summed E-state index contributed by atoms with van der Waals surface area (Å²) in [6.45, 7) is 1.03. The molecule has 0 saturated carbocycles. The molecular weight excluding hydrogens is 248 g/mol. The fourth-order valence-electron chi connectivity index (χ4n) is 2.62. The molecule has 104 valence electrons. The van der Waals surface area contributed by atoms with Gasteiger partial charge in [0.25, 0.3) is 0 Å². The number of nitrogens with zero attached hydrogens (tertiary/aromatic N) is 1. The van der Waals surface area contributed by atoms with Crippen molar-refractivity contribution in [2.24, 2.45) is 5.73 Å². The van der Waals surface area contributed by atoms with Gasteiger partial charge in [0.1, 0.15) is 12.4 Å². The van der Waals surface area contributed by atoms with Gasteiger partial charge in [-0.15, -0.1) is 0 Å². The third kappa shape index (κ3) is 2.99. The van der Waals surface area contributed by atoms with E-state index in [-0.39, 0.29) is 0 Å². The van der Waals surface area contributed by atoms with Crippen LogP contribution in [0.1, 0.15) is 35.2 Å². The number of aryl methyl sites for hydroxylation is 2. The van der Waals surface area contributed by atoms with Crippen molar-refractivity contribution >= 4 is 0 Å². The smallest absolute Gasteiger partial charge is 0.130 e. The van der Waals surface area contributed by atoms with E-state index in [4.69, 9.17) is 10.5 Å². The molecule has 20 heavy (non-hydrogen) atoms. The first-order valence-corrected chi connectivity index (χ1v) is 7.23. The highest BCUT2D eigenvalue weighted by molar-refractivity contribution is 5.37. The first-order valence-electron chi connectivity index (χ1n) is 7.23. The Morgan fingerprint density at radius 3 is 2.65 bits per heavy atom. The van der Waals surface area contributed by atoms with Gasteiger partial charge in [-0.05, 0) is 60.6 Å². The Balaban J connectivity index is 1.65. The average Bonchev–Trinajstić information content (AvgIpc) is 2.53. The van der Waals surface area contributed by atoms with Crippen LogP contribution < -0.4 is 10.5 Å². The van der Waals surface area contributed by atoms with Crippen LogP contribution in [0.4, 0.5) is 0 Å². The van der Waals surface area contributed by atoms with Crippen molar-refractivity contribution < 1.29 is 4.74 Å². The van der Waals surface area contributed by atoms with E-state index in [1.165, 1.54) is 36.8 Å². The molecule has 1 aliphatic rings. The Labute approximate surface area is 119 Å². The summed E-state index contributed by atoms with van der Waals surface area (Å²) in [6, 6.07) is 10.4. The van der Waals surface area contributed by atoms with Gasteiger partial charge in [-0.3, -0.25) is 4.98 Å². The first kappa shape index (κ1) is 13.1. The number of aromatic nitrogens is 1. The van der Waals surface area contributed by atoms with Crippen molar-refractivity contribution in [3.63, 3.8) is 0 Å². The van der Waals surface area contributed by atoms with Crippen LogP contribution in [0.15, 0.2) is 36.5 Å². The van der Waals surface area contributed by atoms with E-state index in [9.17, 15) is 0 Å². The van der Waals surface area contributed by atoms with Crippen molar-refractivity contribution in [3.8, 4) is 5.75 Å². The fraction of sp³-hybridized carbons (Fsp3) is 0.353. The molecule has 0 aliphatic heterocycles. The molecule has 1 aromatic carbocycles. The van der Waals surface area contributed by atoms with Crippen molar-refractivity contribution in [2.75, 3.05) is 0 Å². The van der Waals surface area contributed by atoms with Gasteiger partial charge in [0.15, 0.2) is 0 Å². The van der Waals surface area contributed by atoms with E-state index in [1.54, 1.807) is 0 Å². The number of fused-ring (bicyclic) bond motifs is 1. The summed E-state index contributed by atoms with van der Waals surface area (Å²) < 4.78 is 5.84. The number of hydrogen-bond acceptors (Lipinski definition) is 3. The molecule has 0 bridgehead atoms. The third-order valence-electron chi connectivity index (χ3n) is 3.83. The van der Waals surface area contributed by atoms with E-state index in [1.807, 2.05) is 18.3 Å². The maximum atomic E-state index is 5.84. The average molecular weight is 268 g/mol. The van der Waals surface area contributed by atoms with Crippen molar-refractivity contribution in [2.45, 2.75) is 38.8 Å². The number of hydrogen-bond donors (Lipinski definition) is 1. The zero-order chi connectivity index (χ0) is 13.8. The molecule has 3 rings (SSSR count). The minimum Gasteiger partial charge on any atom is -0.487 e. The van der Waals surface area contributed by atoms with Gasteiger partial charge in [0, 0.05) is 12.7 Å². The van der Waals surface area contributed by atoms with Gasteiger partial charge in [-0.1, -0.05) is 12.1 Å². The van der Waals surface area contributed by atoms with E-state index in [0.29, 0.717) is 13.2 Å². The molecule has 2 aromatic rings. The van der Waals surface area contributed by atoms with E-state index >= 15 is 0 Å². The fourth-order valence-corrected chi connectivity index (χ4v) is 2.62. The lowest BCUT2D eigenvalue weighted by molar-refractivity contribution is 0.300. The zero-order valence-corrected chi connectivity index (χ0v) is 11.6. The Morgan fingerprint density at radius 1 is 1.05 bits per heavy atom. The van der Waals surface area contributed by atoms with E-state index < -0.39 is 0 Å². The van der Waals surface area contributed by atoms with Gasteiger partial charge in [0.05, 0.1) is 5.69 Å². The molecule has 0 spiro atoms. The quantitative estimate of drug-likeness (QED) is 0.927. The SMILES string of the molecule is NCc1ccc(COc2ccc3c(c2)CCCC3)nc1. The van der Waals surface area contributed by atoms with Gasteiger partial charge in [0.2, 0.25) is 0 Å². The Hall–Kier alpha value is -1.87. The second-order valence-corrected chi connectivity index (χ2v) is 5.29. The van der Waals surface area contributed by atoms with Crippen LogP contribution in [0.3, 0.4) is 0 Å². The van der Waals surface area contributed by atoms with Gasteiger partial charge >= 0.3 is 0 Å². The lowest BCUT2D eigenvalue weighted by Crippen LogP contribution is -2.04. The summed E-state index contributed by atoms with van der Waals surface area (Å²) in [7, 11) is 0. The van der Waals surface area contributed by atoms with Crippen LogP contribution in [0.2, 0.25) is 0 Å². The first-order chi connectivity index (χ1) is 9.85. The summed E-state index contributed by atoms with van der Waals surface area (Å²) in [5.41, 5.74) is 10.5. The molecule has 0 amide bonds. The van der Waals surface area contributed by atoms with Crippen LogP contribution in [0.25, 0.3) is 0 Å². The maximum Gasteiger partial charge on any atom is 0.130 e. The van der Waals surface area contributed by atoms with Crippen molar-refractivity contribution in [1.29, 1.82) is 0 Å². The highest BCUT2D eigenvalue weighted by Gasteiger charge is 2.09. The summed E-state index contributed by atoms with van der Waals surface area (Å²) >= 11 is 0. The minimum absolute atomic E-state index is 0.504. The molecule has 3 nitrogen and oxygen atoms in total. The normalized spacial score (nSPS) is 13.8. The second-order valence-electron chi connectivity index (χ2n) is 5.29. The van der Waals surface area contributed by atoms with Crippen molar-refractivity contribution in [3.05, 3.63) is 58.9 Å². The lowest BCUT2D eigenvalue weighted by atomic mass is 9.92. The van der Waals surface area contributed by atoms with Crippen molar-refractivity contribution in [1.82, 2.24) is 4.98 Å². The summed E-state index contributed by atoms with van der Waals surface area (Å²) in [5.74, 6) is 0.940.